The molecule has 0 bridgehead atoms. The van der Waals surface area contributed by atoms with Crippen LogP contribution in [0.1, 0.15) is 80.1 Å². The highest BCUT2D eigenvalue weighted by atomic mass is 16.6. The van der Waals surface area contributed by atoms with Gasteiger partial charge in [0.1, 0.15) is 5.76 Å². The first-order valence-electron chi connectivity index (χ1n) is 9.84. The zero-order valence-electron chi connectivity index (χ0n) is 17.5. The van der Waals surface area contributed by atoms with Crippen molar-refractivity contribution in [1.82, 2.24) is 0 Å². The van der Waals surface area contributed by atoms with Crippen LogP contribution in [0.4, 0.5) is 0 Å². The minimum absolute atomic E-state index is 0.248. The van der Waals surface area contributed by atoms with E-state index in [1.807, 2.05) is 0 Å². The fourth-order valence-electron chi connectivity index (χ4n) is 2.83. The van der Waals surface area contributed by atoms with Crippen LogP contribution in [0, 0.1) is 0 Å². The Bertz CT molecular complexity index is 587. The van der Waals surface area contributed by atoms with Crippen LogP contribution < -0.4 is 0 Å². The van der Waals surface area contributed by atoms with E-state index >= 15 is 0 Å². The van der Waals surface area contributed by atoms with Crippen molar-refractivity contribution in [3.63, 3.8) is 0 Å². The van der Waals surface area contributed by atoms with Crippen molar-refractivity contribution >= 4 is 5.97 Å². The third-order valence-corrected chi connectivity index (χ3v) is 4.48. The zero-order chi connectivity index (χ0) is 19.5. The van der Waals surface area contributed by atoms with E-state index in [1.165, 1.54) is 16.7 Å². The topological polar surface area (TPSA) is 35.5 Å². The van der Waals surface area contributed by atoms with E-state index in [4.69, 9.17) is 9.47 Å². The number of cyclic esters (lactones) is 1. The molecule has 146 valence electrons. The summed E-state index contributed by atoms with van der Waals surface area (Å²) in [5.41, 5.74) is 4.78. The maximum Gasteiger partial charge on any atom is 0.338 e. The summed E-state index contributed by atoms with van der Waals surface area (Å²) in [5, 5.41) is 0. The summed E-state index contributed by atoms with van der Waals surface area (Å²) < 4.78 is 11.2. The maximum atomic E-state index is 11.8. The molecular formula is C23H36O3. The molecule has 1 atom stereocenters. The third kappa shape index (κ3) is 8.07. The molecule has 3 heteroatoms. The number of hydrogen-bond acceptors (Lipinski definition) is 3. The molecule has 1 rings (SSSR count). The lowest BCUT2D eigenvalue weighted by atomic mass is 10.0. The van der Waals surface area contributed by atoms with Crippen LogP contribution in [0.3, 0.4) is 0 Å². The molecule has 1 aliphatic heterocycles. The molecule has 0 radical (unpaired) electrons. The smallest absolute Gasteiger partial charge is 0.338 e. The first-order valence-corrected chi connectivity index (χ1v) is 9.84. The molecule has 0 aromatic rings. The van der Waals surface area contributed by atoms with Gasteiger partial charge < -0.3 is 9.47 Å². The van der Waals surface area contributed by atoms with Crippen LogP contribution in [0.25, 0.3) is 0 Å². The van der Waals surface area contributed by atoms with Crippen LogP contribution in [0.5, 0.6) is 0 Å². The molecule has 1 unspecified atom stereocenters. The average molecular weight is 361 g/mol. The first kappa shape index (κ1) is 22.3. The molecule has 0 aromatic carbocycles. The van der Waals surface area contributed by atoms with Gasteiger partial charge in [0.05, 0.1) is 12.2 Å². The monoisotopic (exact) mass is 360 g/mol. The molecule has 0 spiro atoms. The number of rotatable bonds is 11. The van der Waals surface area contributed by atoms with Crippen molar-refractivity contribution in [2.24, 2.45) is 0 Å². The minimum atomic E-state index is -0.259. The lowest BCUT2D eigenvalue weighted by Gasteiger charge is -2.13. The van der Waals surface area contributed by atoms with Crippen molar-refractivity contribution in [3.05, 3.63) is 46.3 Å². The third-order valence-electron chi connectivity index (χ3n) is 4.48. The van der Waals surface area contributed by atoms with E-state index < -0.39 is 0 Å². The van der Waals surface area contributed by atoms with Crippen LogP contribution in [0.15, 0.2) is 46.3 Å². The lowest BCUT2D eigenvalue weighted by Crippen LogP contribution is -2.13. The summed E-state index contributed by atoms with van der Waals surface area (Å²) in [7, 11) is 0. The Kier molecular flexibility index (Phi) is 10.1. The van der Waals surface area contributed by atoms with Crippen molar-refractivity contribution < 1.29 is 14.3 Å². The standard InChI is InChI=1S/C23H36O3/c1-7-16-25-22-20(6)23(24)26-21(22)15-14-19(5)13-9-12-18(4)11-8-10-17(2)3/h10,12,14,21H,7-9,11,13,15-16H2,1-6H3/b18-12+,19-14+. The number of allylic oxidation sites excluding steroid dienone is 5. The van der Waals surface area contributed by atoms with Gasteiger partial charge in [0.2, 0.25) is 0 Å². The molecule has 0 N–H and O–H groups in total. The Morgan fingerprint density at radius 1 is 1.04 bits per heavy atom. The van der Waals surface area contributed by atoms with Gasteiger partial charge in [-0.1, -0.05) is 41.9 Å². The molecule has 0 amide bonds. The van der Waals surface area contributed by atoms with Crippen molar-refractivity contribution in [2.75, 3.05) is 6.61 Å². The molecule has 0 saturated heterocycles. The van der Waals surface area contributed by atoms with E-state index in [0.717, 1.165) is 37.9 Å². The van der Waals surface area contributed by atoms with E-state index in [9.17, 15) is 4.79 Å². The van der Waals surface area contributed by atoms with E-state index in [-0.39, 0.29) is 12.1 Å². The van der Waals surface area contributed by atoms with Gasteiger partial charge in [0.25, 0.3) is 0 Å². The number of hydrogen-bond donors (Lipinski definition) is 0. The molecular weight excluding hydrogens is 324 g/mol. The Hall–Kier alpha value is -1.77. The summed E-state index contributed by atoms with van der Waals surface area (Å²) >= 11 is 0. The second kappa shape index (κ2) is 11.8. The first-order chi connectivity index (χ1) is 12.3. The molecule has 3 nitrogen and oxygen atoms in total. The Morgan fingerprint density at radius 2 is 1.65 bits per heavy atom. The van der Waals surface area contributed by atoms with Gasteiger partial charge in [-0.2, -0.15) is 0 Å². The highest BCUT2D eigenvalue weighted by Gasteiger charge is 2.32. The van der Waals surface area contributed by atoms with Crippen LogP contribution in [0.2, 0.25) is 0 Å². The molecule has 0 aliphatic carbocycles. The number of carbonyl (C=O) groups is 1. The van der Waals surface area contributed by atoms with Gasteiger partial charge >= 0.3 is 5.97 Å². The second-order valence-corrected chi connectivity index (χ2v) is 7.43. The molecule has 26 heavy (non-hydrogen) atoms. The van der Waals surface area contributed by atoms with E-state index in [2.05, 4.69) is 52.8 Å². The highest BCUT2D eigenvalue weighted by Crippen LogP contribution is 2.27. The molecule has 0 fully saturated rings. The number of ether oxygens (including phenoxy) is 2. The maximum absolute atomic E-state index is 11.8. The minimum Gasteiger partial charge on any atom is -0.493 e. The molecule has 0 aromatic heterocycles. The average Bonchev–Trinajstić information content (AvgIpc) is 2.85. The van der Waals surface area contributed by atoms with E-state index in [0.29, 0.717) is 18.6 Å². The van der Waals surface area contributed by atoms with Crippen LogP contribution >= 0.6 is 0 Å². The van der Waals surface area contributed by atoms with Crippen LogP contribution in [-0.2, 0) is 14.3 Å². The Labute approximate surface area is 159 Å². The number of carbonyl (C=O) groups excluding carboxylic acids is 1. The van der Waals surface area contributed by atoms with E-state index in [1.54, 1.807) is 6.92 Å². The van der Waals surface area contributed by atoms with Gasteiger partial charge in [0, 0.05) is 6.42 Å². The van der Waals surface area contributed by atoms with Crippen molar-refractivity contribution in [1.29, 1.82) is 0 Å². The van der Waals surface area contributed by atoms with Gasteiger partial charge in [-0.15, -0.1) is 0 Å². The van der Waals surface area contributed by atoms with Crippen molar-refractivity contribution in [3.8, 4) is 0 Å². The fraction of sp³-hybridized carbons (Fsp3) is 0.609. The molecule has 0 saturated carbocycles. The van der Waals surface area contributed by atoms with Gasteiger partial charge in [0.15, 0.2) is 6.10 Å². The van der Waals surface area contributed by atoms with Crippen LogP contribution in [-0.4, -0.2) is 18.7 Å². The highest BCUT2D eigenvalue weighted by molar-refractivity contribution is 5.91. The SMILES string of the molecule is CCCOC1=C(C)C(=O)OC1C/C=C(\C)CC/C=C(\C)CCC=C(C)C. The zero-order valence-corrected chi connectivity index (χ0v) is 17.5. The Morgan fingerprint density at radius 3 is 2.27 bits per heavy atom. The fourth-order valence-corrected chi connectivity index (χ4v) is 2.83. The van der Waals surface area contributed by atoms with Crippen molar-refractivity contribution in [2.45, 2.75) is 86.2 Å². The number of esters is 1. The van der Waals surface area contributed by atoms with Gasteiger partial charge in [-0.05, 0) is 66.7 Å². The quantitative estimate of drug-likeness (QED) is 0.315. The predicted molar refractivity (Wildman–Crippen MR) is 109 cm³/mol. The molecule has 1 heterocycles. The predicted octanol–water partition coefficient (Wildman–Crippen LogP) is 6.42. The van der Waals surface area contributed by atoms with Gasteiger partial charge in [-0.3, -0.25) is 0 Å². The Balaban J connectivity index is 2.45. The molecule has 1 aliphatic rings. The normalized spacial score (nSPS) is 18.2. The largest absolute Gasteiger partial charge is 0.493 e. The summed E-state index contributed by atoms with van der Waals surface area (Å²) in [6.45, 7) is 13.1. The van der Waals surface area contributed by atoms with Gasteiger partial charge in [-0.25, -0.2) is 4.79 Å². The lowest BCUT2D eigenvalue weighted by molar-refractivity contribution is -0.140. The summed E-state index contributed by atoms with van der Waals surface area (Å²) in [6, 6.07) is 0. The summed E-state index contributed by atoms with van der Waals surface area (Å²) in [6.07, 6.45) is 12.5. The second-order valence-electron chi connectivity index (χ2n) is 7.43. The summed E-state index contributed by atoms with van der Waals surface area (Å²) in [5.74, 6) is 0.470. The summed E-state index contributed by atoms with van der Waals surface area (Å²) in [4.78, 5) is 11.8.